The maximum Gasteiger partial charge on any atom is 0.220 e. The Bertz CT molecular complexity index is 1270. The van der Waals surface area contributed by atoms with Gasteiger partial charge < -0.3 is 11.1 Å². The van der Waals surface area contributed by atoms with E-state index in [0.717, 1.165) is 19.3 Å². The standard InChI is InChI=1S/C27H28FN5O2/c28-21-9-11-22(12-10-21)33-27(30)23(17-29)24(32-33)6-3-15-31-26(35)14-13-25(34)20-8-7-18-4-1-2-5-19(18)16-20/h7-12,16H,1-6,13-15,30H2,(H,31,35). The lowest BCUT2D eigenvalue weighted by molar-refractivity contribution is -0.121. The van der Waals surface area contributed by atoms with Crippen molar-refractivity contribution in [3.8, 4) is 11.8 Å². The van der Waals surface area contributed by atoms with Crippen molar-refractivity contribution in [1.82, 2.24) is 15.1 Å². The molecule has 180 valence electrons. The molecule has 0 radical (unpaired) electrons. The molecule has 1 aromatic heterocycles. The number of Topliss-reactive ketones (excluding diaryl/α,β-unsaturated/α-hetero) is 1. The van der Waals surface area contributed by atoms with E-state index in [1.54, 1.807) is 0 Å². The van der Waals surface area contributed by atoms with E-state index in [1.807, 2.05) is 18.2 Å². The van der Waals surface area contributed by atoms with Gasteiger partial charge in [0.05, 0.1) is 11.4 Å². The molecule has 35 heavy (non-hydrogen) atoms. The Morgan fingerprint density at radius 1 is 1.09 bits per heavy atom. The van der Waals surface area contributed by atoms with Crippen LogP contribution in [0.15, 0.2) is 42.5 Å². The number of nitrogens with zero attached hydrogens (tertiary/aromatic N) is 3. The maximum absolute atomic E-state index is 13.2. The molecule has 0 spiro atoms. The van der Waals surface area contributed by atoms with Crippen molar-refractivity contribution < 1.29 is 14.0 Å². The third kappa shape index (κ3) is 5.75. The van der Waals surface area contributed by atoms with E-state index in [-0.39, 0.29) is 41.7 Å². The van der Waals surface area contributed by atoms with E-state index in [4.69, 9.17) is 5.73 Å². The van der Waals surface area contributed by atoms with Crippen molar-refractivity contribution in [2.45, 2.75) is 51.4 Å². The summed E-state index contributed by atoms with van der Waals surface area (Å²) in [6.07, 6.45) is 5.73. The second kappa shape index (κ2) is 11.0. The molecule has 1 aliphatic carbocycles. The third-order valence-electron chi connectivity index (χ3n) is 6.34. The quantitative estimate of drug-likeness (QED) is 0.359. The summed E-state index contributed by atoms with van der Waals surface area (Å²) in [4.78, 5) is 24.8. The summed E-state index contributed by atoms with van der Waals surface area (Å²) < 4.78 is 14.6. The van der Waals surface area contributed by atoms with E-state index in [0.29, 0.717) is 36.3 Å². The number of fused-ring (bicyclic) bond motifs is 1. The zero-order valence-electron chi connectivity index (χ0n) is 19.5. The number of nitrogen functional groups attached to an aromatic ring is 1. The number of anilines is 1. The van der Waals surface area contributed by atoms with Crippen LogP contribution in [0.25, 0.3) is 5.69 Å². The SMILES string of the molecule is N#Cc1c(CCCNC(=O)CCC(=O)c2ccc3c(c2)CCCC3)nn(-c2ccc(F)cc2)c1N. The van der Waals surface area contributed by atoms with Crippen molar-refractivity contribution in [3.63, 3.8) is 0 Å². The van der Waals surface area contributed by atoms with Crippen LogP contribution in [0.2, 0.25) is 0 Å². The van der Waals surface area contributed by atoms with Crippen molar-refractivity contribution in [2.75, 3.05) is 12.3 Å². The number of halogens is 1. The maximum atomic E-state index is 13.2. The number of aromatic nitrogens is 2. The summed E-state index contributed by atoms with van der Waals surface area (Å²) in [5.74, 6) is -0.388. The highest BCUT2D eigenvalue weighted by molar-refractivity contribution is 5.98. The molecule has 3 aromatic rings. The predicted molar refractivity (Wildman–Crippen MR) is 131 cm³/mol. The van der Waals surface area contributed by atoms with Gasteiger partial charge in [0, 0.05) is 24.9 Å². The summed E-state index contributed by atoms with van der Waals surface area (Å²) >= 11 is 0. The minimum Gasteiger partial charge on any atom is -0.382 e. The Balaban J connectivity index is 1.25. The highest BCUT2D eigenvalue weighted by Gasteiger charge is 2.17. The molecule has 0 atom stereocenters. The third-order valence-corrected chi connectivity index (χ3v) is 6.34. The molecule has 7 nitrogen and oxygen atoms in total. The number of benzene rings is 2. The first kappa shape index (κ1) is 24.1. The Kier molecular flexibility index (Phi) is 7.56. The lowest BCUT2D eigenvalue weighted by Crippen LogP contribution is -2.25. The minimum absolute atomic E-state index is 0.0195. The molecule has 0 unspecified atom stereocenters. The van der Waals surface area contributed by atoms with Crippen LogP contribution in [-0.2, 0) is 24.1 Å². The first-order valence-electron chi connectivity index (χ1n) is 11.9. The Morgan fingerprint density at radius 2 is 1.83 bits per heavy atom. The summed E-state index contributed by atoms with van der Waals surface area (Å²) in [6, 6.07) is 13.6. The first-order valence-corrected chi connectivity index (χ1v) is 11.9. The number of amides is 1. The van der Waals surface area contributed by atoms with Crippen LogP contribution in [0.5, 0.6) is 0 Å². The fourth-order valence-corrected chi connectivity index (χ4v) is 4.40. The first-order chi connectivity index (χ1) is 17.0. The molecular weight excluding hydrogens is 445 g/mol. The Labute approximate surface area is 203 Å². The van der Waals surface area contributed by atoms with Gasteiger partial charge in [-0.25, -0.2) is 9.07 Å². The molecule has 1 amide bonds. The fraction of sp³-hybridized carbons (Fsp3) is 0.333. The van der Waals surface area contributed by atoms with E-state index < -0.39 is 0 Å². The van der Waals surface area contributed by atoms with Crippen LogP contribution in [0, 0.1) is 17.1 Å². The number of hydrogen-bond donors (Lipinski definition) is 2. The lowest BCUT2D eigenvalue weighted by atomic mass is 9.89. The molecule has 3 N–H and O–H groups in total. The van der Waals surface area contributed by atoms with Gasteiger partial charge in [0.25, 0.3) is 0 Å². The van der Waals surface area contributed by atoms with Gasteiger partial charge in [-0.15, -0.1) is 0 Å². The molecule has 4 rings (SSSR count). The van der Waals surface area contributed by atoms with Crippen molar-refractivity contribution >= 4 is 17.5 Å². The molecule has 2 aromatic carbocycles. The van der Waals surface area contributed by atoms with E-state index in [9.17, 15) is 19.2 Å². The summed E-state index contributed by atoms with van der Waals surface area (Å²) in [5, 5.41) is 16.7. The molecule has 1 heterocycles. The number of nitriles is 1. The molecule has 0 fully saturated rings. The fourth-order valence-electron chi connectivity index (χ4n) is 4.40. The van der Waals surface area contributed by atoms with Crippen LogP contribution in [0.1, 0.15) is 64.8 Å². The zero-order valence-corrected chi connectivity index (χ0v) is 19.5. The number of hydrogen-bond acceptors (Lipinski definition) is 5. The highest BCUT2D eigenvalue weighted by Crippen LogP contribution is 2.23. The average molecular weight is 474 g/mol. The van der Waals surface area contributed by atoms with Crippen LogP contribution < -0.4 is 11.1 Å². The molecule has 0 aliphatic heterocycles. The van der Waals surface area contributed by atoms with Crippen molar-refractivity contribution in [1.29, 1.82) is 5.26 Å². The van der Waals surface area contributed by atoms with Gasteiger partial charge >= 0.3 is 0 Å². The number of nitrogens with two attached hydrogens (primary N) is 1. The molecule has 0 saturated carbocycles. The Morgan fingerprint density at radius 3 is 2.57 bits per heavy atom. The second-order valence-corrected chi connectivity index (χ2v) is 8.77. The zero-order chi connectivity index (χ0) is 24.8. The number of rotatable bonds is 9. The Hall–Kier alpha value is -3.99. The topological polar surface area (TPSA) is 114 Å². The van der Waals surface area contributed by atoms with E-state index >= 15 is 0 Å². The van der Waals surface area contributed by atoms with Crippen LogP contribution in [0.3, 0.4) is 0 Å². The highest BCUT2D eigenvalue weighted by atomic mass is 19.1. The van der Waals surface area contributed by atoms with Crippen molar-refractivity contribution in [2.24, 2.45) is 0 Å². The van der Waals surface area contributed by atoms with Gasteiger partial charge in [-0.1, -0.05) is 12.1 Å². The monoisotopic (exact) mass is 473 g/mol. The van der Waals surface area contributed by atoms with Crippen LogP contribution >= 0.6 is 0 Å². The molecule has 0 bridgehead atoms. The molecule has 8 heteroatoms. The van der Waals surface area contributed by atoms with Crippen molar-refractivity contribution in [3.05, 3.63) is 76.2 Å². The summed E-state index contributed by atoms with van der Waals surface area (Å²) in [7, 11) is 0. The molecule has 0 saturated heterocycles. The normalized spacial score (nSPS) is 12.6. The second-order valence-electron chi connectivity index (χ2n) is 8.77. The number of aryl methyl sites for hydroxylation is 3. The average Bonchev–Trinajstić information content (AvgIpc) is 3.20. The summed E-state index contributed by atoms with van der Waals surface area (Å²) in [5.41, 5.74) is 10.7. The van der Waals surface area contributed by atoms with Gasteiger partial charge in [0.2, 0.25) is 5.91 Å². The van der Waals surface area contributed by atoms with Gasteiger partial charge in [0.1, 0.15) is 23.3 Å². The van der Waals surface area contributed by atoms with Gasteiger partial charge in [-0.2, -0.15) is 10.4 Å². The van der Waals surface area contributed by atoms with Crippen LogP contribution in [0.4, 0.5) is 10.2 Å². The summed E-state index contributed by atoms with van der Waals surface area (Å²) in [6.45, 7) is 0.389. The van der Waals surface area contributed by atoms with Gasteiger partial charge in [-0.05, 0) is 80.0 Å². The molecular formula is C27H28FN5O2. The van der Waals surface area contributed by atoms with E-state index in [2.05, 4.69) is 16.5 Å². The number of carbonyl (C=O) groups excluding carboxylic acids is 2. The minimum atomic E-state index is -0.375. The number of carbonyl (C=O) groups is 2. The largest absolute Gasteiger partial charge is 0.382 e. The smallest absolute Gasteiger partial charge is 0.220 e. The predicted octanol–water partition coefficient (Wildman–Crippen LogP) is 4.06. The lowest BCUT2D eigenvalue weighted by Gasteiger charge is -2.16. The number of ketones is 1. The molecule has 1 aliphatic rings. The van der Waals surface area contributed by atoms with E-state index in [1.165, 1.54) is 46.5 Å². The van der Waals surface area contributed by atoms with Crippen LogP contribution in [-0.4, -0.2) is 28.0 Å². The number of nitrogens with one attached hydrogen (secondary N) is 1. The van der Waals surface area contributed by atoms with Gasteiger partial charge in [0.15, 0.2) is 5.78 Å². The van der Waals surface area contributed by atoms with Gasteiger partial charge in [-0.3, -0.25) is 9.59 Å².